The second-order valence-electron chi connectivity index (χ2n) is 7.17. The molecule has 0 bridgehead atoms. The summed E-state index contributed by atoms with van der Waals surface area (Å²) in [6, 6.07) is 2.29. The van der Waals surface area contributed by atoms with Crippen molar-refractivity contribution in [3.05, 3.63) is 0 Å². The third-order valence-electron chi connectivity index (χ3n) is 3.63. The summed E-state index contributed by atoms with van der Waals surface area (Å²) < 4.78 is 32.6. The zero-order chi connectivity index (χ0) is 17.9. The van der Waals surface area contributed by atoms with Crippen LogP contribution < -0.4 is 0 Å². The maximum absolute atomic E-state index is 12.0. The molecule has 132 valence electrons. The second kappa shape index (κ2) is 7.05. The number of rotatable bonds is 4. The Bertz CT molecular complexity index is 566. The SMILES string of the molecule is C[C@H](CC1(C#N)CCN(C(=O)OC(C)(C)C)CC1)OS(C)(=O)=O. The monoisotopic (exact) mass is 346 g/mol. The molecule has 0 spiro atoms. The van der Waals surface area contributed by atoms with Gasteiger partial charge in [-0.15, -0.1) is 0 Å². The van der Waals surface area contributed by atoms with Gasteiger partial charge in [0.2, 0.25) is 0 Å². The van der Waals surface area contributed by atoms with Gasteiger partial charge in [-0.3, -0.25) is 4.18 Å². The van der Waals surface area contributed by atoms with Crippen LogP contribution in [0.1, 0.15) is 47.0 Å². The molecule has 1 saturated heterocycles. The molecule has 1 atom stereocenters. The van der Waals surface area contributed by atoms with E-state index in [2.05, 4.69) is 6.07 Å². The van der Waals surface area contributed by atoms with Gasteiger partial charge in [-0.25, -0.2) is 4.79 Å². The summed E-state index contributed by atoms with van der Waals surface area (Å²) in [6.07, 6.45) is 1.30. The highest BCUT2D eigenvalue weighted by atomic mass is 32.2. The zero-order valence-corrected chi connectivity index (χ0v) is 15.3. The summed E-state index contributed by atoms with van der Waals surface area (Å²) in [5.41, 5.74) is -1.23. The van der Waals surface area contributed by atoms with Crippen molar-refractivity contribution < 1.29 is 22.1 Å². The van der Waals surface area contributed by atoms with Crippen LogP contribution >= 0.6 is 0 Å². The summed E-state index contributed by atoms with van der Waals surface area (Å²) in [7, 11) is -3.55. The van der Waals surface area contributed by atoms with Gasteiger partial charge in [0.05, 0.1) is 23.8 Å². The number of nitriles is 1. The van der Waals surface area contributed by atoms with E-state index in [9.17, 15) is 18.5 Å². The minimum atomic E-state index is -3.55. The Morgan fingerprint density at radius 3 is 2.26 bits per heavy atom. The van der Waals surface area contributed by atoms with Crippen LogP contribution in [0.3, 0.4) is 0 Å². The first-order valence-corrected chi connectivity index (χ1v) is 9.45. The molecule has 7 nitrogen and oxygen atoms in total. The fourth-order valence-corrected chi connectivity index (χ4v) is 3.35. The van der Waals surface area contributed by atoms with Crippen LogP contribution in [0.4, 0.5) is 4.79 Å². The molecular weight excluding hydrogens is 320 g/mol. The highest BCUT2D eigenvalue weighted by Crippen LogP contribution is 2.36. The number of hydrogen-bond acceptors (Lipinski definition) is 6. The molecule has 1 fully saturated rings. The van der Waals surface area contributed by atoms with Gasteiger partial charge in [-0.05, 0) is 47.0 Å². The topological polar surface area (TPSA) is 96.7 Å². The maximum atomic E-state index is 12.0. The number of carbonyl (C=O) groups excluding carboxylic acids is 1. The second-order valence-corrected chi connectivity index (χ2v) is 8.78. The van der Waals surface area contributed by atoms with Crippen molar-refractivity contribution in [2.75, 3.05) is 19.3 Å². The summed E-state index contributed by atoms with van der Waals surface area (Å²) in [6.45, 7) is 7.87. The predicted octanol–water partition coefficient (Wildman–Crippen LogP) is 2.28. The van der Waals surface area contributed by atoms with Crippen LogP contribution in [0, 0.1) is 16.7 Å². The molecule has 0 aromatic heterocycles. The molecule has 0 aromatic carbocycles. The average molecular weight is 346 g/mol. The van der Waals surface area contributed by atoms with Crippen LogP contribution in [0.5, 0.6) is 0 Å². The van der Waals surface area contributed by atoms with E-state index in [0.29, 0.717) is 32.4 Å². The molecule has 0 saturated carbocycles. The smallest absolute Gasteiger partial charge is 0.410 e. The fourth-order valence-electron chi connectivity index (χ4n) is 2.69. The minimum absolute atomic E-state index is 0.318. The third-order valence-corrected chi connectivity index (χ3v) is 4.30. The highest BCUT2D eigenvalue weighted by Gasteiger charge is 2.39. The van der Waals surface area contributed by atoms with Crippen molar-refractivity contribution >= 4 is 16.2 Å². The van der Waals surface area contributed by atoms with Gasteiger partial charge in [0.1, 0.15) is 5.60 Å². The van der Waals surface area contributed by atoms with Crippen LogP contribution in [-0.4, -0.2) is 50.5 Å². The lowest BCUT2D eigenvalue weighted by Gasteiger charge is -2.38. The largest absolute Gasteiger partial charge is 0.444 e. The summed E-state index contributed by atoms with van der Waals surface area (Å²) >= 11 is 0. The predicted molar refractivity (Wildman–Crippen MR) is 85.1 cm³/mol. The Morgan fingerprint density at radius 1 is 1.35 bits per heavy atom. The minimum Gasteiger partial charge on any atom is -0.444 e. The van der Waals surface area contributed by atoms with E-state index in [4.69, 9.17) is 8.92 Å². The lowest BCUT2D eigenvalue weighted by atomic mass is 9.76. The van der Waals surface area contributed by atoms with Crippen LogP contribution in [-0.2, 0) is 19.0 Å². The van der Waals surface area contributed by atoms with E-state index >= 15 is 0 Å². The zero-order valence-electron chi connectivity index (χ0n) is 14.5. The van der Waals surface area contributed by atoms with Crippen molar-refractivity contribution in [3.8, 4) is 6.07 Å². The van der Waals surface area contributed by atoms with E-state index < -0.39 is 27.2 Å². The maximum Gasteiger partial charge on any atom is 0.410 e. The molecule has 1 rings (SSSR count). The first-order valence-electron chi connectivity index (χ1n) is 7.63. The van der Waals surface area contributed by atoms with Gasteiger partial charge >= 0.3 is 6.09 Å². The van der Waals surface area contributed by atoms with Gasteiger partial charge < -0.3 is 9.64 Å². The first-order chi connectivity index (χ1) is 10.4. The molecule has 0 aromatic rings. The van der Waals surface area contributed by atoms with Gasteiger partial charge in [0, 0.05) is 13.1 Å². The van der Waals surface area contributed by atoms with Crippen molar-refractivity contribution in [1.29, 1.82) is 5.26 Å². The van der Waals surface area contributed by atoms with Crippen molar-refractivity contribution in [3.63, 3.8) is 0 Å². The standard InChI is InChI=1S/C15H26N2O5S/c1-12(22-23(5,19)20)10-15(11-16)6-8-17(9-7-15)13(18)21-14(2,3)4/h12H,6-10H2,1-5H3/t12-/m1/s1. The molecule has 1 aliphatic heterocycles. The Labute approximate surface area is 138 Å². The number of likely N-dealkylation sites (tertiary alicyclic amines) is 1. The van der Waals surface area contributed by atoms with E-state index in [-0.39, 0.29) is 6.09 Å². The number of hydrogen-bond donors (Lipinski definition) is 0. The van der Waals surface area contributed by atoms with Gasteiger partial charge in [-0.2, -0.15) is 13.7 Å². The molecule has 0 unspecified atom stereocenters. The summed E-state index contributed by atoms with van der Waals surface area (Å²) in [5, 5.41) is 9.51. The molecule has 23 heavy (non-hydrogen) atoms. The van der Waals surface area contributed by atoms with Crippen LogP contribution in [0.2, 0.25) is 0 Å². The summed E-state index contributed by atoms with van der Waals surface area (Å²) in [5.74, 6) is 0. The first kappa shape index (κ1) is 19.7. The van der Waals surface area contributed by atoms with Crippen molar-refractivity contribution in [2.24, 2.45) is 5.41 Å². The number of amides is 1. The molecule has 1 amide bonds. The number of piperidine rings is 1. The molecule has 0 N–H and O–H groups in total. The molecule has 1 heterocycles. The number of carbonyl (C=O) groups is 1. The van der Waals surface area contributed by atoms with Crippen molar-refractivity contribution in [1.82, 2.24) is 4.90 Å². The van der Waals surface area contributed by atoms with E-state index in [1.54, 1.807) is 32.6 Å². The fraction of sp³-hybridized carbons (Fsp3) is 0.867. The Morgan fingerprint density at radius 2 is 1.87 bits per heavy atom. The lowest BCUT2D eigenvalue weighted by Crippen LogP contribution is -2.45. The highest BCUT2D eigenvalue weighted by molar-refractivity contribution is 7.86. The third kappa shape index (κ3) is 6.75. The number of ether oxygens (including phenoxy) is 1. The lowest BCUT2D eigenvalue weighted by molar-refractivity contribution is 0.0119. The van der Waals surface area contributed by atoms with E-state index in [0.717, 1.165) is 6.26 Å². The Kier molecular flexibility index (Phi) is 6.05. The van der Waals surface area contributed by atoms with E-state index in [1.165, 1.54) is 0 Å². The Balaban J connectivity index is 2.63. The van der Waals surface area contributed by atoms with Gasteiger partial charge in [0.25, 0.3) is 10.1 Å². The summed E-state index contributed by atoms with van der Waals surface area (Å²) in [4.78, 5) is 13.6. The average Bonchev–Trinajstić information content (AvgIpc) is 2.35. The van der Waals surface area contributed by atoms with Gasteiger partial charge in [-0.1, -0.05) is 0 Å². The molecule has 1 aliphatic rings. The van der Waals surface area contributed by atoms with E-state index in [1.807, 2.05) is 0 Å². The van der Waals surface area contributed by atoms with Crippen LogP contribution in [0.15, 0.2) is 0 Å². The van der Waals surface area contributed by atoms with Crippen LogP contribution in [0.25, 0.3) is 0 Å². The normalized spacial score (nSPS) is 19.7. The van der Waals surface area contributed by atoms with Crippen molar-refractivity contribution in [2.45, 2.75) is 58.7 Å². The number of nitrogens with zero attached hydrogens (tertiary/aromatic N) is 2. The molecule has 0 aliphatic carbocycles. The molecular formula is C15H26N2O5S. The molecule has 0 radical (unpaired) electrons. The van der Waals surface area contributed by atoms with Gasteiger partial charge in [0.15, 0.2) is 0 Å². The quantitative estimate of drug-likeness (QED) is 0.725. The molecule has 8 heteroatoms. The Hall–Kier alpha value is -1.33.